The van der Waals surface area contributed by atoms with Crippen LogP contribution in [-0.2, 0) is 17.5 Å². The van der Waals surface area contributed by atoms with Crippen LogP contribution in [0.15, 0.2) is 18.8 Å². The quantitative estimate of drug-likeness (QED) is 0.663. The van der Waals surface area contributed by atoms with Gasteiger partial charge in [-0.25, -0.2) is 0 Å². The van der Waals surface area contributed by atoms with Crippen molar-refractivity contribution in [2.75, 3.05) is 6.61 Å². The largest absolute Gasteiger partial charge is 0.417 e. The van der Waals surface area contributed by atoms with Gasteiger partial charge in [-0.15, -0.1) is 0 Å². The zero-order valence-electron chi connectivity index (χ0n) is 7.77. The third-order valence-corrected chi connectivity index (χ3v) is 2.16. The molecule has 0 atom stereocenters. The Balaban J connectivity index is 2.46. The zero-order chi connectivity index (χ0) is 11.1. The Morgan fingerprint density at radius 3 is 2.73 bits per heavy atom. The molecular weight excluding hydrogens is 207 g/mol. The summed E-state index contributed by atoms with van der Waals surface area (Å²) in [4.78, 5) is 3.77. The molecule has 5 heteroatoms. The fourth-order valence-electron chi connectivity index (χ4n) is 1.45. The van der Waals surface area contributed by atoms with Crippen LogP contribution in [0.2, 0.25) is 0 Å². The van der Waals surface area contributed by atoms with Crippen molar-refractivity contribution in [1.29, 1.82) is 0 Å². The molecule has 0 amide bonds. The molecule has 0 aliphatic carbocycles. The van der Waals surface area contributed by atoms with E-state index in [0.717, 1.165) is 12.3 Å². The molecule has 0 spiro atoms. The van der Waals surface area contributed by atoms with E-state index in [1.807, 2.05) is 0 Å². The van der Waals surface area contributed by atoms with Crippen LogP contribution < -0.4 is 0 Å². The monoisotopic (exact) mass is 215 g/mol. The maximum absolute atomic E-state index is 12.4. The number of pyridine rings is 1. The van der Waals surface area contributed by atoms with E-state index in [4.69, 9.17) is 4.74 Å². The molecule has 0 unspecified atom stereocenters. The summed E-state index contributed by atoms with van der Waals surface area (Å²) >= 11 is 0. The highest BCUT2D eigenvalue weighted by atomic mass is 19.4. The Kier molecular flexibility index (Phi) is 2.26. The molecule has 2 nitrogen and oxygen atoms in total. The van der Waals surface area contributed by atoms with E-state index in [9.17, 15) is 13.2 Å². The van der Waals surface area contributed by atoms with Gasteiger partial charge in [-0.1, -0.05) is 6.58 Å². The molecule has 1 aromatic rings. The number of fused-ring (bicyclic) bond motifs is 1. The number of hydrogen-bond acceptors (Lipinski definition) is 2. The number of ether oxygens (including phenoxy) is 1. The van der Waals surface area contributed by atoms with E-state index in [1.165, 1.54) is 0 Å². The molecule has 0 saturated heterocycles. The minimum Gasteiger partial charge on any atom is -0.372 e. The minimum absolute atomic E-state index is 0.158. The van der Waals surface area contributed by atoms with Gasteiger partial charge in [-0.2, -0.15) is 13.2 Å². The first kappa shape index (κ1) is 10.2. The fourth-order valence-corrected chi connectivity index (χ4v) is 1.45. The van der Waals surface area contributed by atoms with E-state index in [-0.39, 0.29) is 6.61 Å². The number of hydrogen-bond donors (Lipinski definition) is 0. The highest BCUT2D eigenvalue weighted by molar-refractivity contribution is 5.65. The van der Waals surface area contributed by atoms with E-state index >= 15 is 0 Å². The van der Waals surface area contributed by atoms with Gasteiger partial charge in [0.05, 0.1) is 24.5 Å². The summed E-state index contributed by atoms with van der Waals surface area (Å²) in [6, 6.07) is 1.06. The van der Waals surface area contributed by atoms with E-state index < -0.39 is 11.7 Å². The van der Waals surface area contributed by atoms with Crippen LogP contribution in [0.3, 0.4) is 0 Å². The average Bonchev–Trinajstić information content (AvgIpc) is 2.16. The molecule has 15 heavy (non-hydrogen) atoms. The molecule has 0 N–H and O–H groups in total. The Bertz CT molecular complexity index is 412. The van der Waals surface area contributed by atoms with Gasteiger partial charge in [-0.05, 0) is 11.6 Å². The predicted molar refractivity (Wildman–Crippen MR) is 47.9 cm³/mol. The lowest BCUT2D eigenvalue weighted by Gasteiger charge is -2.18. The summed E-state index contributed by atoms with van der Waals surface area (Å²) in [6.07, 6.45) is -3.53. The Morgan fingerprint density at radius 2 is 2.07 bits per heavy atom. The molecule has 0 radical (unpaired) electrons. The molecule has 0 aromatic carbocycles. The van der Waals surface area contributed by atoms with E-state index in [2.05, 4.69) is 11.6 Å². The molecule has 1 aromatic heterocycles. The topological polar surface area (TPSA) is 22.1 Å². The first-order valence-electron chi connectivity index (χ1n) is 4.30. The van der Waals surface area contributed by atoms with Crippen LogP contribution in [0.5, 0.6) is 0 Å². The third-order valence-electron chi connectivity index (χ3n) is 2.16. The molecule has 80 valence electrons. The van der Waals surface area contributed by atoms with Gasteiger partial charge in [0.25, 0.3) is 0 Å². The van der Waals surface area contributed by atoms with E-state index in [0.29, 0.717) is 23.4 Å². The van der Waals surface area contributed by atoms with Crippen molar-refractivity contribution in [3.05, 3.63) is 35.7 Å². The number of rotatable bonds is 0. The second-order valence-corrected chi connectivity index (χ2v) is 3.33. The summed E-state index contributed by atoms with van der Waals surface area (Å²) in [5.41, 5.74) is 0.833. The Morgan fingerprint density at radius 1 is 1.33 bits per heavy atom. The lowest BCUT2D eigenvalue weighted by atomic mass is 10.0. The van der Waals surface area contributed by atoms with Gasteiger partial charge in [-0.3, -0.25) is 4.98 Å². The van der Waals surface area contributed by atoms with Gasteiger partial charge in [0, 0.05) is 11.8 Å². The van der Waals surface area contributed by atoms with Crippen molar-refractivity contribution in [2.24, 2.45) is 0 Å². The molecule has 0 bridgehead atoms. The molecule has 1 aliphatic rings. The lowest BCUT2D eigenvalue weighted by molar-refractivity contribution is -0.137. The molecule has 0 saturated carbocycles. The number of alkyl halides is 3. The molecule has 0 fully saturated rings. The molecule has 1 aliphatic heterocycles. The second kappa shape index (κ2) is 3.34. The maximum Gasteiger partial charge on any atom is 0.417 e. The summed E-state index contributed by atoms with van der Waals surface area (Å²) in [5.74, 6) is 0. The van der Waals surface area contributed by atoms with Gasteiger partial charge in [0.15, 0.2) is 0 Å². The Hall–Kier alpha value is -1.36. The van der Waals surface area contributed by atoms with Gasteiger partial charge >= 0.3 is 6.18 Å². The van der Waals surface area contributed by atoms with Gasteiger partial charge in [0.2, 0.25) is 0 Å². The second-order valence-electron chi connectivity index (χ2n) is 3.33. The van der Waals surface area contributed by atoms with Crippen molar-refractivity contribution in [3.63, 3.8) is 0 Å². The summed E-state index contributed by atoms with van der Waals surface area (Å²) < 4.78 is 42.1. The van der Waals surface area contributed by atoms with Crippen LogP contribution in [0, 0.1) is 0 Å². The highest BCUT2D eigenvalue weighted by Crippen LogP contribution is 2.32. The number of aromatic nitrogens is 1. The lowest BCUT2D eigenvalue weighted by Crippen LogP contribution is -2.13. The predicted octanol–water partition coefficient (Wildman–Crippen LogP) is 2.64. The normalized spacial score (nSPS) is 16.3. The molecule has 2 rings (SSSR count). The highest BCUT2D eigenvalue weighted by Gasteiger charge is 2.32. The van der Waals surface area contributed by atoms with Crippen LogP contribution in [0.1, 0.15) is 16.8 Å². The van der Waals surface area contributed by atoms with Crippen molar-refractivity contribution < 1.29 is 17.9 Å². The van der Waals surface area contributed by atoms with Crippen LogP contribution in [-0.4, -0.2) is 11.6 Å². The summed E-state index contributed by atoms with van der Waals surface area (Å²) in [5, 5.41) is 0. The molecule has 2 heterocycles. The van der Waals surface area contributed by atoms with E-state index in [1.54, 1.807) is 0 Å². The average molecular weight is 215 g/mol. The zero-order valence-corrected chi connectivity index (χ0v) is 7.77. The van der Waals surface area contributed by atoms with Crippen molar-refractivity contribution in [1.82, 2.24) is 4.98 Å². The van der Waals surface area contributed by atoms with Crippen LogP contribution in [0.4, 0.5) is 13.2 Å². The summed E-state index contributed by atoms with van der Waals surface area (Å²) in [6.45, 7) is 4.16. The van der Waals surface area contributed by atoms with Gasteiger partial charge in [0.1, 0.15) is 0 Å². The maximum atomic E-state index is 12.4. The molecular formula is C10H8F3NO. The first-order valence-corrected chi connectivity index (χ1v) is 4.30. The van der Waals surface area contributed by atoms with Crippen LogP contribution in [0.25, 0.3) is 5.57 Å². The minimum atomic E-state index is -4.36. The smallest absolute Gasteiger partial charge is 0.372 e. The third kappa shape index (κ3) is 1.87. The SMILES string of the molecule is C=C1COCc2cc(C(F)(F)F)cnc21. The van der Waals surface area contributed by atoms with Crippen molar-refractivity contribution in [3.8, 4) is 0 Å². The first-order chi connectivity index (χ1) is 6.98. The van der Waals surface area contributed by atoms with Crippen LogP contribution >= 0.6 is 0 Å². The summed E-state index contributed by atoms with van der Waals surface area (Å²) in [7, 11) is 0. The number of halogens is 3. The standard InChI is InChI=1S/C10H8F3NO/c1-6-4-15-5-7-2-8(10(11,12)13)3-14-9(6)7/h2-3H,1,4-5H2. The fraction of sp³-hybridized carbons (Fsp3) is 0.300. The van der Waals surface area contributed by atoms with Crippen molar-refractivity contribution in [2.45, 2.75) is 12.8 Å². The number of nitrogens with zero attached hydrogens (tertiary/aromatic N) is 1. The van der Waals surface area contributed by atoms with Gasteiger partial charge < -0.3 is 4.74 Å². The van der Waals surface area contributed by atoms with Crippen molar-refractivity contribution >= 4 is 5.57 Å². The Labute approximate surface area is 84.4 Å².